The maximum Gasteiger partial charge on any atom is 0.218 e. The Labute approximate surface area is 169 Å². The van der Waals surface area contributed by atoms with Gasteiger partial charge in [-0.25, -0.2) is 0 Å². The molecule has 2 aromatic rings. The summed E-state index contributed by atoms with van der Waals surface area (Å²) >= 11 is 0. The monoisotopic (exact) mass is 383 g/mol. The number of benzene rings is 2. The van der Waals surface area contributed by atoms with Gasteiger partial charge in [-0.1, -0.05) is 32.0 Å². The van der Waals surface area contributed by atoms with E-state index in [1.54, 1.807) is 7.11 Å². The van der Waals surface area contributed by atoms with Crippen LogP contribution in [0.15, 0.2) is 36.4 Å². The number of carbonyl (C=O) groups excluding carboxylic acids is 1. The number of ether oxygens (including phenoxy) is 2. The van der Waals surface area contributed by atoms with E-state index >= 15 is 0 Å². The van der Waals surface area contributed by atoms with Crippen molar-refractivity contribution in [3.05, 3.63) is 58.7 Å². The maximum absolute atomic E-state index is 11.6. The highest BCUT2D eigenvalue weighted by atomic mass is 16.5. The van der Waals surface area contributed by atoms with Crippen molar-refractivity contribution in [1.82, 2.24) is 0 Å². The Balaban J connectivity index is 2.23. The Morgan fingerprint density at radius 2 is 1.82 bits per heavy atom. The molecule has 1 amide bonds. The molecule has 1 atom stereocenters. The first-order valence-electron chi connectivity index (χ1n) is 10.0. The van der Waals surface area contributed by atoms with Crippen LogP contribution in [0.1, 0.15) is 67.7 Å². The van der Waals surface area contributed by atoms with E-state index in [-0.39, 0.29) is 11.8 Å². The van der Waals surface area contributed by atoms with Crippen LogP contribution in [0.25, 0.3) is 0 Å². The van der Waals surface area contributed by atoms with Crippen molar-refractivity contribution in [1.29, 1.82) is 0 Å². The van der Waals surface area contributed by atoms with Crippen LogP contribution in [0.2, 0.25) is 0 Å². The van der Waals surface area contributed by atoms with Crippen molar-refractivity contribution in [2.45, 2.75) is 58.8 Å². The third-order valence-electron chi connectivity index (χ3n) is 5.19. The zero-order valence-electron chi connectivity index (χ0n) is 17.7. The van der Waals surface area contributed by atoms with Crippen LogP contribution in [0.4, 0.5) is 0 Å². The fraction of sp³-hybridized carbons (Fsp3) is 0.458. The van der Waals surface area contributed by atoms with E-state index in [9.17, 15) is 4.79 Å². The van der Waals surface area contributed by atoms with Gasteiger partial charge in [-0.15, -0.1) is 0 Å². The summed E-state index contributed by atoms with van der Waals surface area (Å²) in [5.41, 5.74) is 10.4. The third kappa shape index (κ3) is 5.75. The fourth-order valence-electron chi connectivity index (χ4n) is 3.58. The minimum absolute atomic E-state index is 0.0943. The van der Waals surface area contributed by atoms with Gasteiger partial charge in [0.15, 0.2) is 0 Å². The van der Waals surface area contributed by atoms with Gasteiger partial charge in [0, 0.05) is 6.42 Å². The first-order valence-corrected chi connectivity index (χ1v) is 10.0. The van der Waals surface area contributed by atoms with Crippen LogP contribution in [-0.4, -0.2) is 19.6 Å². The molecule has 4 heteroatoms. The van der Waals surface area contributed by atoms with Crippen LogP contribution in [0, 0.1) is 6.92 Å². The Morgan fingerprint density at radius 3 is 2.36 bits per heavy atom. The second kappa shape index (κ2) is 10.2. The lowest BCUT2D eigenvalue weighted by atomic mass is 9.87. The molecule has 1 unspecified atom stereocenters. The molecule has 2 N–H and O–H groups in total. The van der Waals surface area contributed by atoms with Crippen molar-refractivity contribution in [2.24, 2.45) is 5.73 Å². The number of rotatable bonds is 10. The van der Waals surface area contributed by atoms with Gasteiger partial charge in [-0.05, 0) is 79.0 Å². The lowest BCUT2D eigenvalue weighted by Gasteiger charge is -2.20. The predicted octanol–water partition coefficient (Wildman–Crippen LogP) is 5.12. The first kappa shape index (κ1) is 21.8. The number of hydrogen-bond acceptors (Lipinski definition) is 3. The molecule has 4 nitrogen and oxygen atoms in total. The quantitative estimate of drug-likeness (QED) is 0.619. The van der Waals surface area contributed by atoms with E-state index in [0.29, 0.717) is 18.9 Å². The summed E-state index contributed by atoms with van der Waals surface area (Å²) in [6, 6.07) is 12.3. The molecule has 0 bridgehead atoms. The number of methoxy groups -OCH3 is 1. The fourth-order valence-corrected chi connectivity index (χ4v) is 3.58. The van der Waals surface area contributed by atoms with Crippen LogP contribution < -0.4 is 15.2 Å². The molecule has 0 saturated heterocycles. The van der Waals surface area contributed by atoms with Crippen LogP contribution in [0.3, 0.4) is 0 Å². The SMILES string of the molecule is CCOc1cc(C)c(CCC(CC(N)=O)c2ccc(OC)cc2)cc1C(C)C. The average molecular weight is 384 g/mol. The minimum atomic E-state index is -0.271. The van der Waals surface area contributed by atoms with Crippen molar-refractivity contribution in [2.75, 3.05) is 13.7 Å². The summed E-state index contributed by atoms with van der Waals surface area (Å²) in [7, 11) is 1.65. The summed E-state index contributed by atoms with van der Waals surface area (Å²) in [4.78, 5) is 11.6. The number of carbonyl (C=O) groups is 1. The summed E-state index contributed by atoms with van der Waals surface area (Å²) in [5, 5.41) is 0. The highest BCUT2D eigenvalue weighted by molar-refractivity contribution is 5.74. The molecule has 152 valence electrons. The van der Waals surface area contributed by atoms with Crippen molar-refractivity contribution >= 4 is 5.91 Å². The highest BCUT2D eigenvalue weighted by Crippen LogP contribution is 2.32. The molecular formula is C24H33NO3. The van der Waals surface area contributed by atoms with Crippen LogP contribution in [0.5, 0.6) is 11.5 Å². The summed E-state index contributed by atoms with van der Waals surface area (Å²) in [6.45, 7) is 9.17. The van der Waals surface area contributed by atoms with Gasteiger partial charge in [-0.3, -0.25) is 4.79 Å². The maximum atomic E-state index is 11.6. The van der Waals surface area contributed by atoms with Gasteiger partial charge in [-0.2, -0.15) is 0 Å². The van der Waals surface area contributed by atoms with Crippen LogP contribution >= 0.6 is 0 Å². The van der Waals surface area contributed by atoms with E-state index in [1.165, 1.54) is 16.7 Å². The highest BCUT2D eigenvalue weighted by Gasteiger charge is 2.17. The zero-order valence-corrected chi connectivity index (χ0v) is 17.7. The lowest BCUT2D eigenvalue weighted by molar-refractivity contribution is -0.118. The van der Waals surface area contributed by atoms with E-state index in [0.717, 1.165) is 29.9 Å². The normalized spacial score (nSPS) is 12.1. The topological polar surface area (TPSA) is 61.5 Å². The van der Waals surface area contributed by atoms with E-state index < -0.39 is 0 Å². The molecule has 0 spiro atoms. The molecule has 0 heterocycles. The molecule has 0 fully saturated rings. The van der Waals surface area contributed by atoms with Crippen molar-refractivity contribution < 1.29 is 14.3 Å². The lowest BCUT2D eigenvalue weighted by Crippen LogP contribution is -2.16. The van der Waals surface area contributed by atoms with Crippen molar-refractivity contribution in [3.8, 4) is 11.5 Å². The first-order chi connectivity index (χ1) is 13.3. The largest absolute Gasteiger partial charge is 0.497 e. The number of aryl methyl sites for hydroxylation is 2. The van der Waals surface area contributed by atoms with Gasteiger partial charge >= 0.3 is 0 Å². The number of primary amides is 1. The molecule has 0 aromatic heterocycles. The standard InChI is InChI=1S/C24H33NO3/c1-6-28-23-13-17(4)19(14-22(23)16(2)3)7-8-20(15-24(25)26)18-9-11-21(27-5)12-10-18/h9-14,16,20H,6-8,15H2,1-5H3,(H2,25,26). The Bertz CT molecular complexity index is 781. The minimum Gasteiger partial charge on any atom is -0.497 e. The molecule has 2 aromatic carbocycles. The van der Waals surface area contributed by atoms with Crippen LogP contribution in [-0.2, 0) is 11.2 Å². The predicted molar refractivity (Wildman–Crippen MR) is 114 cm³/mol. The van der Waals surface area contributed by atoms with Gasteiger partial charge in [0.1, 0.15) is 11.5 Å². The molecule has 0 aliphatic rings. The number of nitrogens with two attached hydrogens (primary N) is 1. The van der Waals surface area contributed by atoms with Crippen molar-refractivity contribution in [3.63, 3.8) is 0 Å². The van der Waals surface area contributed by atoms with E-state index in [2.05, 4.69) is 32.9 Å². The van der Waals surface area contributed by atoms with E-state index in [1.807, 2.05) is 31.2 Å². The van der Waals surface area contributed by atoms with Gasteiger partial charge in [0.2, 0.25) is 5.91 Å². The molecular weight excluding hydrogens is 350 g/mol. The van der Waals surface area contributed by atoms with Gasteiger partial charge in [0.25, 0.3) is 0 Å². The number of hydrogen-bond donors (Lipinski definition) is 1. The molecule has 28 heavy (non-hydrogen) atoms. The smallest absolute Gasteiger partial charge is 0.218 e. The number of amides is 1. The summed E-state index contributed by atoms with van der Waals surface area (Å²) in [6.07, 6.45) is 2.10. The van der Waals surface area contributed by atoms with E-state index in [4.69, 9.17) is 15.2 Å². The van der Waals surface area contributed by atoms with Gasteiger partial charge < -0.3 is 15.2 Å². The second-order valence-electron chi connectivity index (χ2n) is 7.58. The second-order valence-corrected chi connectivity index (χ2v) is 7.58. The molecule has 0 aliphatic carbocycles. The average Bonchev–Trinajstić information content (AvgIpc) is 2.66. The molecule has 0 saturated carbocycles. The zero-order chi connectivity index (χ0) is 20.7. The summed E-state index contributed by atoms with van der Waals surface area (Å²) < 4.78 is 11.1. The third-order valence-corrected chi connectivity index (χ3v) is 5.19. The molecule has 2 rings (SSSR count). The van der Waals surface area contributed by atoms with Gasteiger partial charge in [0.05, 0.1) is 13.7 Å². The molecule has 0 aliphatic heterocycles. The summed E-state index contributed by atoms with van der Waals surface area (Å²) in [5.74, 6) is 2.00. The molecule has 0 radical (unpaired) electrons. The Hall–Kier alpha value is -2.49. The Morgan fingerprint density at radius 1 is 1.14 bits per heavy atom. The Kier molecular flexibility index (Phi) is 7.91.